The van der Waals surface area contributed by atoms with Crippen LogP contribution in [-0.2, 0) is 16.0 Å². The quantitative estimate of drug-likeness (QED) is 0.463. The maximum absolute atomic E-state index is 13.1. The highest BCUT2D eigenvalue weighted by atomic mass is 16.5. The number of aliphatic imine (C=N–C) groups is 1. The molecule has 3 heterocycles. The van der Waals surface area contributed by atoms with Gasteiger partial charge in [-0.1, -0.05) is 59.7 Å². The Morgan fingerprint density at radius 3 is 2.39 bits per heavy atom. The molecule has 0 aliphatic carbocycles. The largest absolute Gasteiger partial charge is 0.403 e. The second-order valence-electron chi connectivity index (χ2n) is 8.75. The summed E-state index contributed by atoms with van der Waals surface area (Å²) >= 11 is 0. The van der Waals surface area contributed by atoms with Gasteiger partial charge in [0.2, 0.25) is 5.89 Å². The van der Waals surface area contributed by atoms with E-state index in [0.717, 1.165) is 60.0 Å². The Balaban J connectivity index is 1.25. The van der Waals surface area contributed by atoms with Crippen LogP contribution < -0.4 is 10.2 Å². The zero-order valence-electron chi connectivity index (χ0n) is 19.6. The van der Waals surface area contributed by atoms with Crippen LogP contribution in [0.2, 0.25) is 0 Å². The first-order valence-corrected chi connectivity index (χ1v) is 12.0. The molecular formula is C28H25N5O3. The fourth-order valence-corrected chi connectivity index (χ4v) is 4.55. The van der Waals surface area contributed by atoms with Crippen molar-refractivity contribution in [3.63, 3.8) is 0 Å². The number of carbonyl (C=O) groups excluding carboxylic acids is 1. The molecule has 1 N–H and O–H groups in total. The molecule has 0 saturated carbocycles. The predicted octanol–water partition coefficient (Wildman–Crippen LogP) is 3.97. The lowest BCUT2D eigenvalue weighted by Crippen LogP contribution is -2.36. The molecule has 2 aliphatic heterocycles. The number of nitrogens with one attached hydrogen (secondary N) is 1. The van der Waals surface area contributed by atoms with Crippen molar-refractivity contribution in [3.8, 4) is 11.5 Å². The van der Waals surface area contributed by atoms with E-state index in [-0.39, 0.29) is 18.2 Å². The molecule has 0 radical (unpaired) electrons. The van der Waals surface area contributed by atoms with E-state index in [1.807, 2.05) is 78.9 Å². The van der Waals surface area contributed by atoms with Crippen molar-refractivity contribution in [1.82, 2.24) is 10.2 Å². The standard InChI is InChI=1S/C28H25N5O3/c34-24-18-21-8-4-5-9-23(21)25(19-6-2-1-3-7-19)29-26(24)30-28-32-31-27(36-28)20-10-12-22(13-11-20)33-14-16-35-17-15-33/h1-13,26H,14-18H2,(H,30,32). The summed E-state index contributed by atoms with van der Waals surface area (Å²) in [5, 5.41) is 11.4. The zero-order chi connectivity index (χ0) is 24.3. The molecule has 2 aliphatic rings. The molecule has 1 aromatic heterocycles. The van der Waals surface area contributed by atoms with Crippen molar-refractivity contribution >= 4 is 23.2 Å². The molecule has 4 aromatic rings. The Kier molecular flexibility index (Phi) is 6.01. The van der Waals surface area contributed by atoms with Crippen molar-refractivity contribution in [2.75, 3.05) is 36.5 Å². The summed E-state index contributed by atoms with van der Waals surface area (Å²) in [5.41, 5.74) is 5.53. The smallest absolute Gasteiger partial charge is 0.317 e. The Bertz CT molecular complexity index is 1390. The van der Waals surface area contributed by atoms with Gasteiger partial charge in [0.05, 0.1) is 18.9 Å². The number of carbonyl (C=O) groups is 1. The monoisotopic (exact) mass is 479 g/mol. The van der Waals surface area contributed by atoms with Gasteiger partial charge in [-0.05, 0) is 29.8 Å². The minimum Gasteiger partial charge on any atom is -0.403 e. The van der Waals surface area contributed by atoms with Crippen molar-refractivity contribution in [1.29, 1.82) is 0 Å². The van der Waals surface area contributed by atoms with Gasteiger partial charge >= 0.3 is 6.01 Å². The highest BCUT2D eigenvalue weighted by molar-refractivity contribution is 6.16. The van der Waals surface area contributed by atoms with Gasteiger partial charge in [-0.3, -0.25) is 9.79 Å². The van der Waals surface area contributed by atoms with Gasteiger partial charge < -0.3 is 19.4 Å². The Morgan fingerprint density at radius 2 is 1.58 bits per heavy atom. The van der Waals surface area contributed by atoms with Crippen molar-refractivity contribution in [2.24, 2.45) is 4.99 Å². The van der Waals surface area contributed by atoms with Crippen LogP contribution >= 0.6 is 0 Å². The van der Waals surface area contributed by atoms with Crippen molar-refractivity contribution in [2.45, 2.75) is 12.6 Å². The minimum absolute atomic E-state index is 0.0667. The van der Waals surface area contributed by atoms with E-state index in [1.165, 1.54) is 0 Å². The SMILES string of the molecule is O=C1Cc2ccccc2C(c2ccccc2)=NC1Nc1nnc(-c2ccc(N3CCOCC3)cc2)o1. The summed E-state index contributed by atoms with van der Waals surface area (Å²) in [7, 11) is 0. The molecule has 1 fully saturated rings. The fourth-order valence-electron chi connectivity index (χ4n) is 4.55. The lowest BCUT2D eigenvalue weighted by molar-refractivity contribution is -0.119. The summed E-state index contributed by atoms with van der Waals surface area (Å²) in [5.74, 6) is 0.311. The van der Waals surface area contributed by atoms with Crippen LogP contribution in [0.3, 0.4) is 0 Å². The third-order valence-electron chi connectivity index (χ3n) is 6.42. The molecular weight excluding hydrogens is 454 g/mol. The fraction of sp³-hybridized carbons (Fsp3) is 0.214. The van der Waals surface area contributed by atoms with Crippen LogP contribution in [0.1, 0.15) is 16.7 Å². The molecule has 1 unspecified atom stereocenters. The lowest BCUT2D eigenvalue weighted by atomic mass is 9.96. The Hall–Kier alpha value is -4.30. The molecule has 0 spiro atoms. The highest BCUT2D eigenvalue weighted by Crippen LogP contribution is 2.26. The zero-order valence-corrected chi connectivity index (χ0v) is 19.6. The number of morpholine rings is 1. The van der Waals surface area contributed by atoms with Gasteiger partial charge in [-0.25, -0.2) is 0 Å². The second-order valence-corrected chi connectivity index (χ2v) is 8.75. The molecule has 1 atom stereocenters. The van der Waals surface area contributed by atoms with Crippen LogP contribution in [0.15, 0.2) is 88.3 Å². The maximum atomic E-state index is 13.1. The lowest BCUT2D eigenvalue weighted by Gasteiger charge is -2.28. The average Bonchev–Trinajstić information content (AvgIpc) is 3.36. The van der Waals surface area contributed by atoms with E-state index in [2.05, 4.69) is 20.4 Å². The summed E-state index contributed by atoms with van der Waals surface area (Å²) in [6, 6.07) is 25.9. The molecule has 36 heavy (non-hydrogen) atoms. The number of rotatable bonds is 5. The molecule has 180 valence electrons. The van der Waals surface area contributed by atoms with E-state index < -0.39 is 6.17 Å². The summed E-state index contributed by atoms with van der Waals surface area (Å²) in [6.07, 6.45) is -0.581. The van der Waals surface area contributed by atoms with E-state index in [0.29, 0.717) is 5.89 Å². The number of hydrogen-bond acceptors (Lipinski definition) is 8. The molecule has 0 amide bonds. The minimum atomic E-state index is -0.843. The predicted molar refractivity (Wildman–Crippen MR) is 137 cm³/mol. The van der Waals surface area contributed by atoms with Crippen LogP contribution in [-0.4, -0.2) is 54.2 Å². The van der Waals surface area contributed by atoms with Crippen LogP contribution in [0.25, 0.3) is 11.5 Å². The van der Waals surface area contributed by atoms with Gasteiger partial charge in [0.1, 0.15) is 0 Å². The maximum Gasteiger partial charge on any atom is 0.317 e. The first kappa shape index (κ1) is 22.2. The highest BCUT2D eigenvalue weighted by Gasteiger charge is 2.27. The molecule has 6 rings (SSSR count). The van der Waals surface area contributed by atoms with E-state index in [9.17, 15) is 4.79 Å². The summed E-state index contributed by atoms with van der Waals surface area (Å²) in [6.45, 7) is 3.22. The number of Topliss-reactive ketones (excluding diaryl/α,β-unsaturated/α-hetero) is 1. The molecule has 8 heteroatoms. The normalized spacial score (nSPS) is 17.8. The van der Waals surface area contributed by atoms with Crippen molar-refractivity contribution < 1.29 is 13.9 Å². The summed E-state index contributed by atoms with van der Waals surface area (Å²) < 4.78 is 11.3. The van der Waals surface area contributed by atoms with Gasteiger partial charge in [0.15, 0.2) is 11.9 Å². The van der Waals surface area contributed by atoms with Crippen LogP contribution in [0.4, 0.5) is 11.7 Å². The van der Waals surface area contributed by atoms with Gasteiger partial charge in [0.25, 0.3) is 0 Å². The van der Waals surface area contributed by atoms with Gasteiger partial charge in [0, 0.05) is 41.9 Å². The van der Waals surface area contributed by atoms with Crippen molar-refractivity contribution in [3.05, 3.63) is 95.6 Å². The van der Waals surface area contributed by atoms with Gasteiger partial charge in [-0.15, -0.1) is 5.10 Å². The Morgan fingerprint density at radius 1 is 0.833 bits per heavy atom. The first-order valence-electron chi connectivity index (χ1n) is 12.0. The third kappa shape index (κ3) is 4.50. The van der Waals surface area contributed by atoms with E-state index in [4.69, 9.17) is 14.1 Å². The summed E-state index contributed by atoms with van der Waals surface area (Å²) in [4.78, 5) is 20.3. The van der Waals surface area contributed by atoms with E-state index >= 15 is 0 Å². The number of fused-ring (bicyclic) bond motifs is 1. The number of benzene rings is 3. The average molecular weight is 480 g/mol. The number of ether oxygens (including phenoxy) is 1. The molecule has 3 aromatic carbocycles. The van der Waals surface area contributed by atoms with Crippen LogP contribution in [0, 0.1) is 0 Å². The number of nitrogens with zero attached hydrogens (tertiary/aromatic N) is 4. The van der Waals surface area contributed by atoms with Crippen LogP contribution in [0.5, 0.6) is 0 Å². The Labute approximate surface area is 208 Å². The van der Waals surface area contributed by atoms with E-state index in [1.54, 1.807) is 0 Å². The molecule has 0 bridgehead atoms. The first-order chi connectivity index (χ1) is 17.7. The topological polar surface area (TPSA) is 92.9 Å². The number of aromatic nitrogens is 2. The third-order valence-corrected chi connectivity index (χ3v) is 6.42. The molecule has 1 saturated heterocycles. The number of hydrogen-bond donors (Lipinski definition) is 1. The molecule has 8 nitrogen and oxygen atoms in total. The second kappa shape index (κ2) is 9.75. The van der Waals surface area contributed by atoms with Gasteiger partial charge in [-0.2, -0.15) is 0 Å². The number of anilines is 2. The number of ketones is 1.